The Kier molecular flexibility index (Phi) is 3.71. The Labute approximate surface area is 150 Å². The normalized spacial score (nSPS) is 16.5. The first kappa shape index (κ1) is 16.3. The van der Waals surface area contributed by atoms with Gasteiger partial charge in [-0.1, -0.05) is 11.5 Å². The quantitative estimate of drug-likeness (QED) is 0.385. The number of carbonyl (C=O) groups excluding carboxylic acids is 1. The van der Waals surface area contributed by atoms with Gasteiger partial charge in [0.1, 0.15) is 14.0 Å². The van der Waals surface area contributed by atoms with E-state index < -0.39 is 4.92 Å². The van der Waals surface area contributed by atoms with E-state index in [1.807, 2.05) is 33.1 Å². The second kappa shape index (κ2) is 5.94. The molecule has 0 bridgehead atoms. The second-order valence-corrected chi connectivity index (χ2v) is 6.51. The fourth-order valence-corrected chi connectivity index (χ4v) is 3.49. The predicted octanol–water partition coefficient (Wildman–Crippen LogP) is 0.655. The number of fused-ring (bicyclic) bond motifs is 2. The third-order valence-electron chi connectivity index (χ3n) is 4.87. The van der Waals surface area contributed by atoms with Crippen molar-refractivity contribution in [1.82, 2.24) is 19.5 Å². The van der Waals surface area contributed by atoms with Crippen LogP contribution in [0, 0.1) is 10.1 Å². The molecule has 1 aliphatic heterocycles. The summed E-state index contributed by atoms with van der Waals surface area (Å²) in [6.07, 6.45) is 5.18. The maximum atomic E-state index is 13.0. The summed E-state index contributed by atoms with van der Waals surface area (Å²) in [5.41, 5.74) is 3.67. The summed E-state index contributed by atoms with van der Waals surface area (Å²) in [4.78, 5) is 29.5. The summed E-state index contributed by atoms with van der Waals surface area (Å²) in [5, 5.41) is 15.6. The molecule has 1 atom stereocenters. The molecular formula is C17H16BN5O3. The van der Waals surface area contributed by atoms with Crippen molar-refractivity contribution in [2.45, 2.75) is 19.4 Å². The van der Waals surface area contributed by atoms with Crippen LogP contribution in [0.5, 0.6) is 0 Å². The van der Waals surface area contributed by atoms with E-state index in [-0.39, 0.29) is 17.6 Å². The monoisotopic (exact) mass is 349 g/mol. The Morgan fingerprint density at radius 1 is 1.38 bits per heavy atom. The highest BCUT2D eigenvalue weighted by atomic mass is 16.6. The van der Waals surface area contributed by atoms with Crippen LogP contribution in [0.1, 0.15) is 34.6 Å². The topological polar surface area (TPSA) is 93.6 Å². The summed E-state index contributed by atoms with van der Waals surface area (Å²) >= 11 is 0. The summed E-state index contributed by atoms with van der Waals surface area (Å²) in [6, 6.07) is 5.34. The van der Waals surface area contributed by atoms with Gasteiger partial charge in [0.2, 0.25) is 0 Å². The Morgan fingerprint density at radius 2 is 2.19 bits per heavy atom. The molecule has 26 heavy (non-hydrogen) atoms. The van der Waals surface area contributed by atoms with E-state index in [1.165, 1.54) is 6.20 Å². The Balaban J connectivity index is 1.69. The minimum Gasteiger partial charge on any atom is -0.330 e. The van der Waals surface area contributed by atoms with Gasteiger partial charge in [0.25, 0.3) is 11.6 Å². The van der Waals surface area contributed by atoms with Crippen LogP contribution in [0.4, 0.5) is 5.69 Å². The summed E-state index contributed by atoms with van der Waals surface area (Å²) in [5.74, 6) is -0.184. The van der Waals surface area contributed by atoms with Gasteiger partial charge < -0.3 is 4.90 Å². The minimum atomic E-state index is -0.416. The summed E-state index contributed by atoms with van der Waals surface area (Å²) in [6.45, 7) is 2.27. The van der Waals surface area contributed by atoms with Gasteiger partial charge in [0.15, 0.2) is 5.69 Å². The molecule has 0 spiro atoms. The average molecular weight is 349 g/mol. The van der Waals surface area contributed by atoms with E-state index in [0.717, 1.165) is 16.5 Å². The lowest BCUT2D eigenvalue weighted by Gasteiger charge is -2.34. The van der Waals surface area contributed by atoms with Gasteiger partial charge in [-0.15, -0.1) is 0 Å². The van der Waals surface area contributed by atoms with Crippen LogP contribution in [0.25, 0.3) is 5.52 Å². The van der Waals surface area contributed by atoms with Gasteiger partial charge in [-0.25, -0.2) is 4.52 Å². The zero-order valence-corrected chi connectivity index (χ0v) is 14.4. The van der Waals surface area contributed by atoms with Crippen LogP contribution < -0.4 is 5.46 Å². The number of hydrogen-bond donors (Lipinski definition) is 0. The number of hydrogen-bond acceptors (Lipinski definition) is 5. The lowest BCUT2D eigenvalue weighted by Crippen LogP contribution is -2.39. The number of pyridine rings is 2. The zero-order valence-electron chi connectivity index (χ0n) is 14.4. The molecule has 0 aromatic carbocycles. The average Bonchev–Trinajstić information content (AvgIpc) is 3.04. The smallest absolute Gasteiger partial charge is 0.291 e. The molecule has 8 nitrogen and oxygen atoms in total. The van der Waals surface area contributed by atoms with Crippen molar-refractivity contribution in [1.29, 1.82) is 0 Å². The Morgan fingerprint density at radius 3 is 2.96 bits per heavy atom. The van der Waals surface area contributed by atoms with E-state index >= 15 is 0 Å². The predicted molar refractivity (Wildman–Crippen MR) is 97.4 cm³/mol. The lowest BCUT2D eigenvalue weighted by molar-refractivity contribution is -0.386. The largest absolute Gasteiger partial charge is 0.330 e. The van der Waals surface area contributed by atoms with E-state index in [9.17, 15) is 14.9 Å². The summed E-state index contributed by atoms with van der Waals surface area (Å²) < 4.78 is 1.69. The number of nitrogens with zero attached hydrogens (tertiary/aromatic N) is 5. The first-order valence-corrected chi connectivity index (χ1v) is 8.34. The van der Waals surface area contributed by atoms with Crippen molar-refractivity contribution >= 4 is 30.4 Å². The van der Waals surface area contributed by atoms with Crippen molar-refractivity contribution in [3.05, 3.63) is 63.7 Å². The first-order valence-electron chi connectivity index (χ1n) is 8.34. The van der Waals surface area contributed by atoms with Gasteiger partial charge >= 0.3 is 0 Å². The van der Waals surface area contributed by atoms with Crippen LogP contribution in [-0.2, 0) is 6.42 Å². The molecule has 0 saturated carbocycles. The van der Waals surface area contributed by atoms with Crippen molar-refractivity contribution in [2.24, 2.45) is 0 Å². The molecule has 0 saturated heterocycles. The Bertz CT molecular complexity index is 1050. The third kappa shape index (κ3) is 2.52. The molecule has 130 valence electrons. The van der Waals surface area contributed by atoms with Crippen LogP contribution in [0.15, 0.2) is 36.8 Å². The van der Waals surface area contributed by atoms with Gasteiger partial charge in [-0.05, 0) is 25.5 Å². The SMILES string of the molecule is Bc1ccc2cc(C(=O)N3CCc4c(cncc4[N+](=O)[O-])C3C)nn2c1. The van der Waals surface area contributed by atoms with Gasteiger partial charge in [0.05, 0.1) is 16.5 Å². The molecule has 1 amide bonds. The molecule has 0 radical (unpaired) electrons. The maximum Gasteiger partial charge on any atom is 0.291 e. The molecule has 0 fully saturated rings. The number of rotatable bonds is 2. The number of amides is 1. The molecule has 4 heterocycles. The maximum absolute atomic E-state index is 13.0. The van der Waals surface area contributed by atoms with Crippen LogP contribution in [0.2, 0.25) is 0 Å². The van der Waals surface area contributed by atoms with Gasteiger partial charge in [0, 0.05) is 30.1 Å². The molecular weight excluding hydrogens is 333 g/mol. The fraction of sp³-hybridized carbons (Fsp3) is 0.235. The number of carbonyl (C=O) groups is 1. The van der Waals surface area contributed by atoms with Crippen LogP contribution in [-0.4, -0.2) is 44.7 Å². The highest BCUT2D eigenvalue weighted by molar-refractivity contribution is 6.32. The van der Waals surface area contributed by atoms with Crippen LogP contribution >= 0.6 is 0 Å². The number of aromatic nitrogens is 3. The summed E-state index contributed by atoms with van der Waals surface area (Å²) in [7, 11) is 1.96. The molecule has 3 aromatic heterocycles. The standard InChI is InChI=1S/C17H16BN5O3/c1-10-14-7-19-8-16(23(25)26)13(14)4-5-21(10)17(24)15-6-12-3-2-11(18)9-22(12)20-15/h2-3,6-10H,4-5,18H2,1H3. The molecule has 1 unspecified atom stereocenters. The molecule has 0 N–H and O–H groups in total. The number of nitro groups is 1. The van der Waals surface area contributed by atoms with E-state index in [4.69, 9.17) is 0 Å². The van der Waals surface area contributed by atoms with Gasteiger partial charge in [-0.3, -0.25) is 19.9 Å². The third-order valence-corrected chi connectivity index (χ3v) is 4.87. The molecule has 9 heteroatoms. The van der Waals surface area contributed by atoms with Crippen molar-refractivity contribution in [2.75, 3.05) is 6.54 Å². The molecule has 0 aliphatic carbocycles. The van der Waals surface area contributed by atoms with E-state index in [2.05, 4.69) is 10.1 Å². The fourth-order valence-electron chi connectivity index (χ4n) is 3.49. The molecule has 1 aliphatic rings. The molecule has 3 aromatic rings. The van der Waals surface area contributed by atoms with E-state index in [0.29, 0.717) is 24.2 Å². The van der Waals surface area contributed by atoms with Gasteiger partial charge in [-0.2, -0.15) is 5.10 Å². The zero-order chi connectivity index (χ0) is 18.4. The minimum absolute atomic E-state index is 0.0182. The second-order valence-electron chi connectivity index (χ2n) is 6.51. The highest BCUT2D eigenvalue weighted by Crippen LogP contribution is 2.34. The lowest BCUT2D eigenvalue weighted by atomic mass is 9.94. The van der Waals surface area contributed by atoms with Crippen LogP contribution in [0.3, 0.4) is 0 Å². The first-order chi connectivity index (χ1) is 12.5. The van der Waals surface area contributed by atoms with Crippen molar-refractivity contribution in [3.63, 3.8) is 0 Å². The van der Waals surface area contributed by atoms with Crippen molar-refractivity contribution in [3.8, 4) is 0 Å². The molecule has 4 rings (SSSR count). The van der Waals surface area contributed by atoms with E-state index in [1.54, 1.807) is 21.7 Å². The van der Waals surface area contributed by atoms with Crippen molar-refractivity contribution < 1.29 is 9.72 Å². The Hall–Kier alpha value is -3.23. The highest BCUT2D eigenvalue weighted by Gasteiger charge is 2.33.